The van der Waals surface area contributed by atoms with Gasteiger partial charge in [-0.25, -0.2) is 4.79 Å². The Kier molecular flexibility index (Phi) is 10.9. The number of urea groups is 1. The lowest BCUT2D eigenvalue weighted by Crippen LogP contribution is -2.49. The molecule has 2 amide bonds. The van der Waals surface area contributed by atoms with Crippen molar-refractivity contribution >= 4 is 17.7 Å². The SMILES string of the molecule is CC(C)CC(NC1C[C@H](CN2CCC(N(C)C(=O)NCc3ccc([N+](=O)[O-])cc3)CC2)[C@@H](c2ccccc2)C1)C(=O)O. The minimum atomic E-state index is -0.772. The van der Waals surface area contributed by atoms with E-state index in [0.29, 0.717) is 30.7 Å². The van der Waals surface area contributed by atoms with E-state index in [0.717, 1.165) is 50.9 Å². The van der Waals surface area contributed by atoms with E-state index in [2.05, 4.69) is 53.6 Å². The zero-order valence-corrected chi connectivity index (χ0v) is 24.9. The summed E-state index contributed by atoms with van der Waals surface area (Å²) in [5, 5.41) is 27.1. The van der Waals surface area contributed by atoms with Crippen molar-refractivity contribution in [2.24, 2.45) is 11.8 Å². The van der Waals surface area contributed by atoms with Gasteiger partial charge >= 0.3 is 12.0 Å². The Hall–Kier alpha value is -3.50. The third kappa shape index (κ3) is 8.51. The molecule has 2 unspecified atom stereocenters. The summed E-state index contributed by atoms with van der Waals surface area (Å²) in [6.07, 6.45) is 4.29. The maximum absolute atomic E-state index is 12.8. The molecule has 1 saturated heterocycles. The monoisotopic (exact) mass is 579 g/mol. The largest absolute Gasteiger partial charge is 0.480 e. The quantitative estimate of drug-likeness (QED) is 0.242. The Balaban J connectivity index is 1.29. The first-order chi connectivity index (χ1) is 20.1. The van der Waals surface area contributed by atoms with E-state index in [-0.39, 0.29) is 23.8 Å². The van der Waals surface area contributed by atoms with Gasteiger partial charge in [0.2, 0.25) is 0 Å². The Labute approximate surface area is 248 Å². The van der Waals surface area contributed by atoms with Crippen LogP contribution in [-0.4, -0.2) is 76.6 Å². The molecule has 1 heterocycles. The summed E-state index contributed by atoms with van der Waals surface area (Å²) in [7, 11) is 1.83. The number of hydrogen-bond acceptors (Lipinski definition) is 6. The number of non-ortho nitro benzene ring substituents is 1. The number of carboxylic acid groups (broad SMARTS) is 1. The van der Waals surface area contributed by atoms with Crippen LogP contribution >= 0.6 is 0 Å². The molecule has 2 aliphatic rings. The van der Waals surface area contributed by atoms with Crippen molar-refractivity contribution in [3.05, 3.63) is 75.8 Å². The van der Waals surface area contributed by atoms with Crippen LogP contribution in [0.3, 0.4) is 0 Å². The normalized spacial score (nSPS) is 22.1. The average molecular weight is 580 g/mol. The molecule has 4 atom stereocenters. The third-order valence-corrected chi connectivity index (χ3v) is 8.87. The van der Waals surface area contributed by atoms with E-state index in [1.54, 1.807) is 17.0 Å². The first-order valence-electron chi connectivity index (χ1n) is 15.1. The number of rotatable bonds is 12. The molecule has 1 aliphatic carbocycles. The molecular weight excluding hydrogens is 534 g/mol. The second-order valence-corrected chi connectivity index (χ2v) is 12.4. The fourth-order valence-corrected chi connectivity index (χ4v) is 6.59. The highest BCUT2D eigenvalue weighted by Gasteiger charge is 2.38. The number of carbonyl (C=O) groups excluding carboxylic acids is 1. The standard InChI is InChI=1S/C32H45N5O5/c1-22(2)17-30(31(38)39)34-26-18-25(29(19-26)24-7-5-4-6-8-24)21-36-15-13-27(14-16-36)35(3)32(40)33-20-23-9-11-28(12-10-23)37(41)42/h4-12,22,25-27,29-30,34H,13-21H2,1-3H3,(H,33,40)(H,38,39)/t25-,26?,29-,30?/m1/s1. The first kappa shape index (κ1) is 31.4. The summed E-state index contributed by atoms with van der Waals surface area (Å²) in [5.41, 5.74) is 2.17. The van der Waals surface area contributed by atoms with Crippen LogP contribution in [0.5, 0.6) is 0 Å². The molecule has 228 valence electrons. The second-order valence-electron chi connectivity index (χ2n) is 12.4. The van der Waals surface area contributed by atoms with Crippen molar-refractivity contribution in [3.63, 3.8) is 0 Å². The molecule has 10 heteroatoms. The second kappa shape index (κ2) is 14.6. The highest BCUT2D eigenvalue weighted by atomic mass is 16.6. The van der Waals surface area contributed by atoms with Crippen LogP contribution in [0.2, 0.25) is 0 Å². The number of nitrogens with one attached hydrogen (secondary N) is 2. The summed E-state index contributed by atoms with van der Waals surface area (Å²) in [4.78, 5) is 39.5. The molecule has 2 aromatic carbocycles. The van der Waals surface area contributed by atoms with E-state index in [4.69, 9.17) is 0 Å². The minimum Gasteiger partial charge on any atom is -0.480 e. The number of carboxylic acids is 1. The average Bonchev–Trinajstić information content (AvgIpc) is 3.37. The number of hydrogen-bond donors (Lipinski definition) is 3. The number of aliphatic carboxylic acids is 1. The number of nitro groups is 1. The van der Waals surface area contributed by atoms with Gasteiger partial charge < -0.3 is 25.5 Å². The number of carbonyl (C=O) groups is 2. The molecule has 4 rings (SSSR count). The molecular formula is C32H45N5O5. The smallest absolute Gasteiger partial charge is 0.320 e. The molecule has 2 fully saturated rings. The molecule has 2 aromatic rings. The van der Waals surface area contributed by atoms with Crippen molar-refractivity contribution in [2.75, 3.05) is 26.7 Å². The van der Waals surface area contributed by atoms with E-state index in [1.165, 1.54) is 17.7 Å². The van der Waals surface area contributed by atoms with Crippen LogP contribution in [0, 0.1) is 22.0 Å². The van der Waals surface area contributed by atoms with E-state index >= 15 is 0 Å². The third-order valence-electron chi connectivity index (χ3n) is 8.87. The van der Waals surface area contributed by atoms with Gasteiger partial charge in [0.15, 0.2) is 0 Å². The predicted molar refractivity (Wildman–Crippen MR) is 162 cm³/mol. The molecule has 0 aromatic heterocycles. The number of amides is 2. The van der Waals surface area contributed by atoms with E-state index < -0.39 is 16.9 Å². The molecule has 42 heavy (non-hydrogen) atoms. The van der Waals surface area contributed by atoms with Crippen LogP contribution < -0.4 is 10.6 Å². The van der Waals surface area contributed by atoms with E-state index in [9.17, 15) is 24.8 Å². The van der Waals surface area contributed by atoms with Gasteiger partial charge in [-0.15, -0.1) is 0 Å². The van der Waals surface area contributed by atoms with Crippen molar-refractivity contribution < 1.29 is 19.6 Å². The molecule has 1 aliphatic heterocycles. The summed E-state index contributed by atoms with van der Waals surface area (Å²) >= 11 is 0. The van der Waals surface area contributed by atoms with Gasteiger partial charge in [-0.3, -0.25) is 14.9 Å². The zero-order chi connectivity index (χ0) is 30.2. The molecule has 1 saturated carbocycles. The summed E-state index contributed by atoms with van der Waals surface area (Å²) in [6, 6.07) is 16.5. The zero-order valence-electron chi connectivity index (χ0n) is 24.9. The number of nitro benzene ring substituents is 1. The Bertz CT molecular complexity index is 1180. The molecule has 0 radical (unpaired) electrons. The summed E-state index contributed by atoms with van der Waals surface area (Å²) < 4.78 is 0. The highest BCUT2D eigenvalue weighted by molar-refractivity contribution is 5.74. The summed E-state index contributed by atoms with van der Waals surface area (Å²) in [6.45, 7) is 7.22. The maximum Gasteiger partial charge on any atom is 0.320 e. The summed E-state index contributed by atoms with van der Waals surface area (Å²) in [5.74, 6) is 0.344. The minimum absolute atomic E-state index is 0.0315. The lowest BCUT2D eigenvalue weighted by atomic mass is 9.88. The van der Waals surface area contributed by atoms with Crippen molar-refractivity contribution in [3.8, 4) is 0 Å². The van der Waals surface area contributed by atoms with Crippen molar-refractivity contribution in [2.45, 2.75) is 76.5 Å². The predicted octanol–water partition coefficient (Wildman–Crippen LogP) is 4.85. The lowest BCUT2D eigenvalue weighted by molar-refractivity contribution is -0.384. The number of benzene rings is 2. The van der Waals surface area contributed by atoms with Crippen LogP contribution in [-0.2, 0) is 11.3 Å². The Morgan fingerprint density at radius 3 is 2.33 bits per heavy atom. The van der Waals surface area contributed by atoms with Gasteiger partial charge in [0.1, 0.15) is 6.04 Å². The van der Waals surface area contributed by atoms with Crippen molar-refractivity contribution in [1.82, 2.24) is 20.4 Å². The number of likely N-dealkylation sites (tertiary alicyclic amines) is 1. The van der Waals surface area contributed by atoms with Gasteiger partial charge in [-0.2, -0.15) is 0 Å². The fraction of sp³-hybridized carbons (Fsp3) is 0.562. The van der Waals surface area contributed by atoms with E-state index in [1.807, 2.05) is 13.1 Å². The molecule has 3 N–H and O–H groups in total. The lowest BCUT2D eigenvalue weighted by Gasteiger charge is -2.38. The first-order valence-corrected chi connectivity index (χ1v) is 15.1. The van der Waals surface area contributed by atoms with Gasteiger partial charge in [-0.1, -0.05) is 56.3 Å². The van der Waals surface area contributed by atoms with Crippen LogP contribution in [0.25, 0.3) is 0 Å². The van der Waals surface area contributed by atoms with Crippen LogP contribution in [0.1, 0.15) is 63.0 Å². The number of piperidine rings is 1. The van der Waals surface area contributed by atoms with Crippen LogP contribution in [0.4, 0.5) is 10.5 Å². The van der Waals surface area contributed by atoms with Gasteiger partial charge in [-0.05, 0) is 61.0 Å². The highest BCUT2D eigenvalue weighted by Crippen LogP contribution is 2.41. The molecule has 10 nitrogen and oxygen atoms in total. The van der Waals surface area contributed by atoms with Gasteiger partial charge in [0.25, 0.3) is 5.69 Å². The molecule has 0 bridgehead atoms. The Morgan fingerprint density at radius 1 is 1.07 bits per heavy atom. The van der Waals surface area contributed by atoms with Crippen LogP contribution in [0.15, 0.2) is 54.6 Å². The molecule has 0 spiro atoms. The maximum atomic E-state index is 12.8. The van der Waals surface area contributed by atoms with Crippen molar-refractivity contribution in [1.29, 1.82) is 0 Å². The number of nitrogens with zero attached hydrogens (tertiary/aromatic N) is 3. The fourth-order valence-electron chi connectivity index (χ4n) is 6.59. The van der Waals surface area contributed by atoms with Gasteiger partial charge in [0.05, 0.1) is 4.92 Å². The Morgan fingerprint density at radius 2 is 1.74 bits per heavy atom. The topological polar surface area (TPSA) is 128 Å². The van der Waals surface area contributed by atoms with Gasteiger partial charge in [0, 0.05) is 57.4 Å².